The van der Waals surface area contributed by atoms with Crippen molar-refractivity contribution in [2.24, 2.45) is 0 Å². The molecule has 1 N–H and O–H groups in total. The summed E-state index contributed by atoms with van der Waals surface area (Å²) in [6, 6.07) is 10.6. The first-order chi connectivity index (χ1) is 9.10. The van der Waals surface area contributed by atoms with E-state index in [-0.39, 0.29) is 4.90 Å². The predicted molar refractivity (Wildman–Crippen MR) is 76.0 cm³/mol. The molecule has 0 amide bonds. The van der Waals surface area contributed by atoms with Crippen molar-refractivity contribution < 1.29 is 13.2 Å². The first-order valence-electron chi connectivity index (χ1n) is 6.24. The highest BCUT2D eigenvalue weighted by atomic mass is 32.2. The van der Waals surface area contributed by atoms with Crippen LogP contribution in [-0.4, -0.2) is 21.6 Å². The van der Waals surface area contributed by atoms with Crippen LogP contribution in [0.4, 0.5) is 0 Å². The van der Waals surface area contributed by atoms with E-state index in [1.54, 1.807) is 25.1 Å². The van der Waals surface area contributed by atoms with Crippen LogP contribution in [0.5, 0.6) is 5.75 Å². The van der Waals surface area contributed by atoms with Crippen LogP contribution in [0.3, 0.4) is 0 Å². The molecule has 5 heteroatoms. The zero-order chi connectivity index (χ0) is 13.9. The standard InChI is InChI=1S/C14H17NO3S/c1-3-15-19(16,17)14-10-9-13(18-4-2)11-7-5-6-8-12(11)14/h5-10,15H,3-4H2,1-2H3. The molecule has 0 heterocycles. The molecule has 0 aliphatic carbocycles. The molecule has 4 nitrogen and oxygen atoms in total. The van der Waals surface area contributed by atoms with Gasteiger partial charge in [-0.1, -0.05) is 31.2 Å². The molecule has 0 saturated carbocycles. The Balaban J connectivity index is 2.69. The van der Waals surface area contributed by atoms with Crippen molar-refractivity contribution in [1.82, 2.24) is 4.72 Å². The van der Waals surface area contributed by atoms with Crippen molar-refractivity contribution in [2.45, 2.75) is 18.7 Å². The van der Waals surface area contributed by atoms with Crippen molar-refractivity contribution in [3.8, 4) is 5.75 Å². The van der Waals surface area contributed by atoms with E-state index in [1.165, 1.54) is 0 Å². The van der Waals surface area contributed by atoms with Gasteiger partial charge in [0, 0.05) is 17.3 Å². The highest BCUT2D eigenvalue weighted by Gasteiger charge is 2.17. The SMILES string of the molecule is CCNS(=O)(=O)c1ccc(OCC)c2ccccc12. The normalized spacial score (nSPS) is 11.7. The lowest BCUT2D eigenvalue weighted by atomic mass is 10.1. The molecule has 0 aliphatic heterocycles. The molecule has 102 valence electrons. The summed E-state index contributed by atoms with van der Waals surface area (Å²) in [5, 5.41) is 1.48. The topological polar surface area (TPSA) is 55.4 Å². The van der Waals surface area contributed by atoms with Gasteiger partial charge in [0.25, 0.3) is 0 Å². The molecule has 0 fully saturated rings. The molecule has 0 unspecified atom stereocenters. The fraction of sp³-hybridized carbons (Fsp3) is 0.286. The summed E-state index contributed by atoms with van der Waals surface area (Å²) in [5.74, 6) is 0.702. The maximum atomic E-state index is 12.2. The van der Waals surface area contributed by atoms with Crippen LogP contribution in [0.2, 0.25) is 0 Å². The van der Waals surface area contributed by atoms with Crippen molar-refractivity contribution >= 4 is 20.8 Å². The summed E-state index contributed by atoms with van der Waals surface area (Å²) < 4.78 is 32.4. The van der Waals surface area contributed by atoms with Crippen molar-refractivity contribution in [2.75, 3.05) is 13.2 Å². The third kappa shape index (κ3) is 2.72. The van der Waals surface area contributed by atoms with Gasteiger partial charge in [0.15, 0.2) is 0 Å². The highest BCUT2D eigenvalue weighted by molar-refractivity contribution is 7.89. The van der Waals surface area contributed by atoms with Gasteiger partial charge in [0.1, 0.15) is 5.75 Å². The Labute approximate surface area is 113 Å². The molecule has 0 saturated heterocycles. The zero-order valence-electron chi connectivity index (χ0n) is 11.0. The number of sulfonamides is 1. The van der Waals surface area contributed by atoms with E-state index in [0.29, 0.717) is 24.3 Å². The van der Waals surface area contributed by atoms with Gasteiger partial charge in [0.05, 0.1) is 11.5 Å². The molecule has 0 radical (unpaired) electrons. The minimum absolute atomic E-state index is 0.286. The largest absolute Gasteiger partial charge is 0.493 e. The Kier molecular flexibility index (Phi) is 4.07. The van der Waals surface area contributed by atoms with Gasteiger partial charge < -0.3 is 4.74 Å². The lowest BCUT2D eigenvalue weighted by molar-refractivity contribution is 0.344. The van der Waals surface area contributed by atoms with Gasteiger partial charge in [-0.3, -0.25) is 0 Å². The molecule has 2 aromatic rings. The monoisotopic (exact) mass is 279 g/mol. The fourth-order valence-electron chi connectivity index (χ4n) is 2.03. The van der Waals surface area contributed by atoms with Crippen LogP contribution in [0.25, 0.3) is 10.8 Å². The van der Waals surface area contributed by atoms with Crippen molar-refractivity contribution in [3.05, 3.63) is 36.4 Å². The Morgan fingerprint density at radius 2 is 1.74 bits per heavy atom. The van der Waals surface area contributed by atoms with Crippen LogP contribution in [0.1, 0.15) is 13.8 Å². The molecule has 19 heavy (non-hydrogen) atoms. The minimum Gasteiger partial charge on any atom is -0.493 e. The highest BCUT2D eigenvalue weighted by Crippen LogP contribution is 2.30. The lowest BCUT2D eigenvalue weighted by Gasteiger charge is -2.12. The maximum Gasteiger partial charge on any atom is 0.241 e. The van der Waals surface area contributed by atoms with Crippen LogP contribution in [0, 0.1) is 0 Å². The molecule has 0 bridgehead atoms. The average molecular weight is 279 g/mol. The molecule has 0 atom stereocenters. The smallest absolute Gasteiger partial charge is 0.241 e. The van der Waals surface area contributed by atoms with Gasteiger partial charge in [-0.15, -0.1) is 0 Å². The molecular weight excluding hydrogens is 262 g/mol. The van der Waals surface area contributed by atoms with Crippen molar-refractivity contribution in [3.63, 3.8) is 0 Å². The summed E-state index contributed by atoms with van der Waals surface area (Å²) in [4.78, 5) is 0.286. The number of hydrogen-bond acceptors (Lipinski definition) is 3. The van der Waals surface area contributed by atoms with Gasteiger partial charge in [-0.25, -0.2) is 13.1 Å². The number of rotatable bonds is 5. The predicted octanol–water partition coefficient (Wildman–Crippen LogP) is 2.54. The number of ether oxygens (including phenoxy) is 1. The fourth-order valence-corrected chi connectivity index (χ4v) is 3.28. The van der Waals surface area contributed by atoms with Gasteiger partial charge in [0.2, 0.25) is 10.0 Å². The summed E-state index contributed by atoms with van der Waals surface area (Å²) in [6.45, 7) is 4.57. The van der Waals surface area contributed by atoms with Crippen LogP contribution in [-0.2, 0) is 10.0 Å². The number of fused-ring (bicyclic) bond motifs is 1. The zero-order valence-corrected chi connectivity index (χ0v) is 11.8. The van der Waals surface area contributed by atoms with E-state index in [1.807, 2.05) is 25.1 Å². The number of benzene rings is 2. The van der Waals surface area contributed by atoms with E-state index in [4.69, 9.17) is 4.74 Å². The third-order valence-corrected chi connectivity index (χ3v) is 4.37. The Morgan fingerprint density at radius 1 is 1.05 bits per heavy atom. The molecule has 2 aromatic carbocycles. The molecule has 0 spiro atoms. The van der Waals surface area contributed by atoms with Crippen LogP contribution in [0.15, 0.2) is 41.3 Å². The molecule has 2 rings (SSSR count). The Morgan fingerprint density at radius 3 is 2.37 bits per heavy atom. The third-order valence-electron chi connectivity index (χ3n) is 2.77. The van der Waals surface area contributed by atoms with E-state index >= 15 is 0 Å². The maximum absolute atomic E-state index is 12.2. The first-order valence-corrected chi connectivity index (χ1v) is 7.72. The van der Waals surface area contributed by atoms with E-state index in [2.05, 4.69) is 4.72 Å². The second kappa shape index (κ2) is 5.59. The Hall–Kier alpha value is -1.59. The second-order valence-corrected chi connectivity index (χ2v) is 5.78. The number of hydrogen-bond donors (Lipinski definition) is 1. The van der Waals surface area contributed by atoms with E-state index in [9.17, 15) is 8.42 Å². The van der Waals surface area contributed by atoms with Gasteiger partial charge in [-0.05, 0) is 19.1 Å². The van der Waals surface area contributed by atoms with Crippen LogP contribution >= 0.6 is 0 Å². The first kappa shape index (κ1) is 13.8. The van der Waals surface area contributed by atoms with E-state index < -0.39 is 10.0 Å². The summed E-state index contributed by atoms with van der Waals surface area (Å²) in [5.41, 5.74) is 0. The summed E-state index contributed by atoms with van der Waals surface area (Å²) in [7, 11) is -3.47. The molecule has 0 aliphatic rings. The quantitative estimate of drug-likeness (QED) is 0.915. The second-order valence-electron chi connectivity index (χ2n) is 4.04. The summed E-state index contributed by atoms with van der Waals surface area (Å²) >= 11 is 0. The lowest BCUT2D eigenvalue weighted by Crippen LogP contribution is -2.23. The van der Waals surface area contributed by atoms with Gasteiger partial charge >= 0.3 is 0 Å². The van der Waals surface area contributed by atoms with Crippen molar-refractivity contribution in [1.29, 1.82) is 0 Å². The minimum atomic E-state index is -3.47. The van der Waals surface area contributed by atoms with E-state index in [0.717, 1.165) is 5.39 Å². The van der Waals surface area contributed by atoms with Crippen LogP contribution < -0.4 is 9.46 Å². The average Bonchev–Trinajstić information content (AvgIpc) is 2.39. The number of nitrogens with one attached hydrogen (secondary N) is 1. The Bertz CT molecular complexity index is 680. The summed E-state index contributed by atoms with van der Waals surface area (Å²) in [6.07, 6.45) is 0. The molecular formula is C14H17NO3S. The molecule has 0 aromatic heterocycles. The van der Waals surface area contributed by atoms with Gasteiger partial charge in [-0.2, -0.15) is 0 Å².